The van der Waals surface area contributed by atoms with Gasteiger partial charge in [-0.1, -0.05) is 61.5 Å². The van der Waals surface area contributed by atoms with E-state index in [0.29, 0.717) is 23.1 Å². The summed E-state index contributed by atoms with van der Waals surface area (Å²) in [5.74, 6) is -0.476. The molecule has 3 rings (SSSR count). The number of Topliss-reactive ketones (excluding diaryl/α,β-unsaturated/α-hetero) is 2. The molecule has 1 atom stereocenters. The first-order valence-electron chi connectivity index (χ1n) is 8.27. The third-order valence-corrected chi connectivity index (χ3v) is 4.44. The predicted molar refractivity (Wildman–Crippen MR) is 94.0 cm³/mol. The van der Waals surface area contributed by atoms with Gasteiger partial charge in [0.1, 0.15) is 11.5 Å². The molecule has 2 aromatic carbocycles. The van der Waals surface area contributed by atoms with Gasteiger partial charge in [0.2, 0.25) is 0 Å². The molecular formula is C21H20O3. The number of carbonyl (C=O) groups is 2. The molecule has 24 heavy (non-hydrogen) atoms. The highest BCUT2D eigenvalue weighted by atomic mass is 16.3. The molecule has 0 radical (unpaired) electrons. The maximum Gasteiger partial charge on any atom is 0.194 e. The molecule has 3 nitrogen and oxygen atoms in total. The summed E-state index contributed by atoms with van der Waals surface area (Å²) in [4.78, 5) is 25.1. The quantitative estimate of drug-likeness (QED) is 0.839. The number of allylic oxidation sites excluding steroid dienone is 1. The fourth-order valence-electron chi connectivity index (χ4n) is 3.29. The number of carbonyl (C=O) groups excluding carboxylic acids is 2. The maximum absolute atomic E-state index is 12.8. The summed E-state index contributed by atoms with van der Waals surface area (Å²) in [5, 5.41) is 10.6. The Morgan fingerprint density at radius 1 is 1.00 bits per heavy atom. The minimum atomic E-state index is -0.412. The van der Waals surface area contributed by atoms with E-state index in [-0.39, 0.29) is 23.7 Å². The lowest BCUT2D eigenvalue weighted by Gasteiger charge is -2.18. The van der Waals surface area contributed by atoms with Crippen LogP contribution >= 0.6 is 0 Å². The third-order valence-electron chi connectivity index (χ3n) is 4.44. The maximum atomic E-state index is 12.8. The number of aliphatic hydroxyl groups excluding tert-OH is 1. The summed E-state index contributed by atoms with van der Waals surface area (Å²) >= 11 is 0. The molecule has 0 amide bonds. The smallest absolute Gasteiger partial charge is 0.194 e. The largest absolute Gasteiger partial charge is 0.507 e. The van der Waals surface area contributed by atoms with Crippen LogP contribution in [-0.4, -0.2) is 16.7 Å². The van der Waals surface area contributed by atoms with E-state index in [1.165, 1.54) is 0 Å². The fourth-order valence-corrected chi connectivity index (χ4v) is 3.29. The standard InChI is InChI=1S/C21H20O3/c1-2-8-15(22)13-18(14-9-4-3-5-10-14)19-20(23)16-11-6-7-12-17(16)21(19)24/h3-7,9-12,18,23H,2,8,13H2,1H3/t18-/m1/s1. The first-order chi connectivity index (χ1) is 11.6. The topological polar surface area (TPSA) is 54.4 Å². The summed E-state index contributed by atoms with van der Waals surface area (Å²) in [7, 11) is 0. The van der Waals surface area contributed by atoms with Crippen molar-refractivity contribution in [3.63, 3.8) is 0 Å². The lowest BCUT2D eigenvalue weighted by Crippen LogP contribution is -2.14. The van der Waals surface area contributed by atoms with Crippen LogP contribution in [0.5, 0.6) is 0 Å². The van der Waals surface area contributed by atoms with Crippen molar-refractivity contribution in [2.75, 3.05) is 0 Å². The zero-order chi connectivity index (χ0) is 17.1. The van der Waals surface area contributed by atoms with E-state index in [4.69, 9.17) is 0 Å². The Balaban J connectivity index is 2.05. The average Bonchev–Trinajstić information content (AvgIpc) is 2.86. The van der Waals surface area contributed by atoms with Gasteiger partial charge in [-0.15, -0.1) is 0 Å². The lowest BCUT2D eigenvalue weighted by molar-refractivity contribution is -0.119. The van der Waals surface area contributed by atoms with Gasteiger partial charge in [0.15, 0.2) is 5.78 Å². The zero-order valence-corrected chi connectivity index (χ0v) is 13.7. The van der Waals surface area contributed by atoms with Crippen molar-refractivity contribution >= 4 is 17.3 Å². The van der Waals surface area contributed by atoms with Gasteiger partial charge in [-0.2, -0.15) is 0 Å². The third kappa shape index (κ3) is 2.90. The number of hydrogen-bond acceptors (Lipinski definition) is 3. The average molecular weight is 320 g/mol. The normalized spacial score (nSPS) is 14.6. The highest BCUT2D eigenvalue weighted by molar-refractivity contribution is 6.20. The number of aliphatic hydroxyl groups is 1. The van der Waals surface area contributed by atoms with Crippen molar-refractivity contribution in [1.29, 1.82) is 0 Å². The van der Waals surface area contributed by atoms with Crippen LogP contribution in [0.1, 0.15) is 53.6 Å². The van der Waals surface area contributed by atoms with Crippen LogP contribution in [0.15, 0.2) is 60.2 Å². The molecule has 0 aromatic heterocycles. The Hall–Kier alpha value is -2.68. The zero-order valence-electron chi connectivity index (χ0n) is 13.7. The summed E-state index contributed by atoms with van der Waals surface area (Å²) in [6.07, 6.45) is 1.50. The summed E-state index contributed by atoms with van der Waals surface area (Å²) in [6, 6.07) is 16.5. The van der Waals surface area contributed by atoms with E-state index in [9.17, 15) is 14.7 Å². The number of hydrogen-bond donors (Lipinski definition) is 1. The molecule has 1 aliphatic carbocycles. The predicted octanol–water partition coefficient (Wildman–Crippen LogP) is 4.70. The fraction of sp³-hybridized carbons (Fsp3) is 0.238. The Morgan fingerprint density at radius 2 is 1.62 bits per heavy atom. The molecule has 0 spiro atoms. The molecule has 0 saturated carbocycles. The molecule has 0 unspecified atom stereocenters. The summed E-state index contributed by atoms with van der Waals surface area (Å²) < 4.78 is 0. The lowest BCUT2D eigenvalue weighted by atomic mass is 9.84. The summed E-state index contributed by atoms with van der Waals surface area (Å²) in [5.41, 5.74) is 2.28. The molecule has 0 bridgehead atoms. The molecule has 1 aliphatic rings. The molecule has 0 fully saturated rings. The Kier molecular flexibility index (Phi) is 4.61. The SMILES string of the molecule is CCCC(=O)C[C@@H](C1=C(O)c2ccccc2C1=O)c1ccccc1. The van der Waals surface area contributed by atoms with Crippen LogP contribution in [0.2, 0.25) is 0 Å². The van der Waals surface area contributed by atoms with Gasteiger partial charge in [0.25, 0.3) is 0 Å². The second-order valence-corrected chi connectivity index (χ2v) is 6.09. The van der Waals surface area contributed by atoms with Crippen LogP contribution in [0.3, 0.4) is 0 Å². The molecule has 2 aromatic rings. The first-order valence-corrected chi connectivity index (χ1v) is 8.27. The van der Waals surface area contributed by atoms with Gasteiger partial charge in [-0.05, 0) is 12.0 Å². The van der Waals surface area contributed by atoms with Gasteiger partial charge in [-0.3, -0.25) is 9.59 Å². The molecule has 0 saturated heterocycles. The Bertz CT molecular complexity index is 803. The van der Waals surface area contributed by atoms with Crippen molar-refractivity contribution in [2.45, 2.75) is 32.1 Å². The number of benzene rings is 2. The number of ketones is 2. The molecule has 122 valence electrons. The van der Waals surface area contributed by atoms with Gasteiger partial charge in [0, 0.05) is 29.9 Å². The van der Waals surface area contributed by atoms with Crippen LogP contribution in [-0.2, 0) is 4.79 Å². The second kappa shape index (κ2) is 6.83. The van der Waals surface area contributed by atoms with Crippen LogP contribution < -0.4 is 0 Å². The first kappa shape index (κ1) is 16.2. The van der Waals surface area contributed by atoms with Crippen molar-refractivity contribution in [2.24, 2.45) is 0 Å². The van der Waals surface area contributed by atoms with Crippen molar-refractivity contribution < 1.29 is 14.7 Å². The minimum Gasteiger partial charge on any atom is -0.507 e. The Morgan fingerprint density at radius 3 is 2.25 bits per heavy atom. The van der Waals surface area contributed by atoms with E-state index in [0.717, 1.165) is 12.0 Å². The molecule has 1 N–H and O–H groups in total. The molecule has 0 heterocycles. The minimum absolute atomic E-state index is 0.00810. The summed E-state index contributed by atoms with van der Waals surface area (Å²) in [6.45, 7) is 1.96. The Labute approximate surface area is 141 Å². The highest BCUT2D eigenvalue weighted by Crippen LogP contribution is 2.40. The molecule has 0 aliphatic heterocycles. The van der Waals surface area contributed by atoms with E-state index >= 15 is 0 Å². The van der Waals surface area contributed by atoms with Crippen molar-refractivity contribution in [1.82, 2.24) is 0 Å². The van der Waals surface area contributed by atoms with Crippen LogP contribution in [0.25, 0.3) is 5.76 Å². The molecule has 3 heteroatoms. The van der Waals surface area contributed by atoms with Gasteiger partial charge in [-0.25, -0.2) is 0 Å². The van der Waals surface area contributed by atoms with Gasteiger partial charge in [0.05, 0.1) is 5.57 Å². The molecular weight excluding hydrogens is 300 g/mol. The van der Waals surface area contributed by atoms with E-state index in [2.05, 4.69) is 0 Å². The highest BCUT2D eigenvalue weighted by Gasteiger charge is 2.35. The van der Waals surface area contributed by atoms with Gasteiger partial charge >= 0.3 is 0 Å². The van der Waals surface area contributed by atoms with E-state index in [1.807, 2.05) is 37.3 Å². The van der Waals surface area contributed by atoms with E-state index in [1.54, 1.807) is 24.3 Å². The monoisotopic (exact) mass is 320 g/mol. The number of fused-ring (bicyclic) bond motifs is 1. The van der Waals surface area contributed by atoms with E-state index < -0.39 is 5.92 Å². The van der Waals surface area contributed by atoms with Crippen molar-refractivity contribution in [3.8, 4) is 0 Å². The van der Waals surface area contributed by atoms with Crippen LogP contribution in [0, 0.1) is 0 Å². The van der Waals surface area contributed by atoms with Gasteiger partial charge < -0.3 is 5.11 Å². The van der Waals surface area contributed by atoms with Crippen molar-refractivity contribution in [3.05, 3.63) is 76.9 Å². The number of rotatable bonds is 6. The van der Waals surface area contributed by atoms with Crippen LogP contribution in [0.4, 0.5) is 0 Å². The second-order valence-electron chi connectivity index (χ2n) is 6.09.